The fourth-order valence-corrected chi connectivity index (χ4v) is 1.81. The van der Waals surface area contributed by atoms with Crippen LogP contribution in [0.1, 0.15) is 13.8 Å². The van der Waals surface area contributed by atoms with Gasteiger partial charge in [0, 0.05) is 31.0 Å². The highest BCUT2D eigenvalue weighted by Gasteiger charge is 2.07. The van der Waals surface area contributed by atoms with Gasteiger partial charge in [0.25, 0.3) is 0 Å². The van der Waals surface area contributed by atoms with E-state index >= 15 is 0 Å². The molecule has 1 aromatic rings. The summed E-state index contributed by atoms with van der Waals surface area (Å²) < 4.78 is 8.55. The molecule has 0 saturated heterocycles. The second-order valence-corrected chi connectivity index (χ2v) is 4.60. The maximum absolute atomic E-state index is 11.9. The molecular weight excluding hydrogens is 296 g/mol. The number of nitrogens with one attached hydrogen (secondary N) is 1. The predicted octanol–water partition coefficient (Wildman–Crippen LogP) is 1.85. The molecule has 1 aromatic heterocycles. The van der Waals surface area contributed by atoms with Crippen molar-refractivity contribution in [2.75, 3.05) is 19.8 Å². The van der Waals surface area contributed by atoms with E-state index in [0.29, 0.717) is 26.3 Å². The Morgan fingerprint density at radius 1 is 1.35 bits per heavy atom. The summed E-state index contributed by atoms with van der Waals surface area (Å²) in [6, 6.07) is -0.263. The Bertz CT molecular complexity index is 613. The first-order valence-corrected chi connectivity index (χ1v) is 7.42. The van der Waals surface area contributed by atoms with E-state index in [1.807, 2.05) is 13.8 Å². The van der Waals surface area contributed by atoms with Gasteiger partial charge >= 0.3 is 11.7 Å². The van der Waals surface area contributed by atoms with Crippen LogP contribution >= 0.6 is 0 Å². The van der Waals surface area contributed by atoms with Crippen molar-refractivity contribution in [1.82, 2.24) is 19.4 Å². The normalized spacial score (nSPS) is 11.2. The highest BCUT2D eigenvalue weighted by atomic mass is 16.5. The van der Waals surface area contributed by atoms with Crippen LogP contribution in [0.4, 0.5) is 4.79 Å². The molecule has 0 spiro atoms. The van der Waals surface area contributed by atoms with Gasteiger partial charge in [-0.1, -0.05) is 18.7 Å². The lowest BCUT2D eigenvalue weighted by atomic mass is 10.5. The number of carbonyl (C=O) groups is 1. The van der Waals surface area contributed by atoms with Gasteiger partial charge in [-0.15, -0.1) is 0 Å². The Labute approximate surface area is 136 Å². The largest absolute Gasteiger partial charge is 0.378 e. The third-order valence-electron chi connectivity index (χ3n) is 2.99. The Balaban J connectivity index is 2.33. The fraction of sp³-hybridized carbons (Fsp3) is 0.375. The molecule has 0 fully saturated rings. The Morgan fingerprint density at radius 2 is 2.13 bits per heavy atom. The molecule has 0 unspecified atom stereocenters. The summed E-state index contributed by atoms with van der Waals surface area (Å²) in [6.45, 7) is 8.87. The Kier molecular flexibility index (Phi) is 8.23. The molecule has 0 bridgehead atoms. The number of nitrogens with zero attached hydrogens (tertiary/aromatic N) is 3. The number of allylic oxidation sites excluding steroid dienone is 2. The molecule has 0 aliphatic rings. The molecule has 0 atom stereocenters. The molecule has 0 aromatic carbocycles. The maximum Gasteiger partial charge on any atom is 0.332 e. The standard InChI is InChI=1S/C16H24N4O3/c1-4-7-17-15(21)18(6-3)11-13-23-14-12-20-10-9-19(8-5-2)16(20)22/h4-10H,3,11-14H2,1-2H3,(H,17,21)/b7-4+,8-5+. The molecule has 0 saturated carbocycles. The third-order valence-corrected chi connectivity index (χ3v) is 2.99. The first kappa shape index (κ1) is 18.5. The molecule has 7 nitrogen and oxygen atoms in total. The number of carbonyl (C=O) groups excluding carboxylic acids is 1. The van der Waals surface area contributed by atoms with Crippen molar-refractivity contribution in [3.63, 3.8) is 0 Å². The van der Waals surface area contributed by atoms with Gasteiger partial charge in [0.15, 0.2) is 0 Å². The number of imidazole rings is 1. The van der Waals surface area contributed by atoms with E-state index in [9.17, 15) is 9.59 Å². The van der Waals surface area contributed by atoms with Gasteiger partial charge in [0.2, 0.25) is 0 Å². The van der Waals surface area contributed by atoms with Gasteiger partial charge in [-0.3, -0.25) is 14.0 Å². The zero-order valence-electron chi connectivity index (χ0n) is 13.6. The number of rotatable bonds is 9. The van der Waals surface area contributed by atoms with E-state index in [4.69, 9.17) is 4.74 Å². The van der Waals surface area contributed by atoms with Gasteiger partial charge in [-0.25, -0.2) is 9.59 Å². The quantitative estimate of drug-likeness (QED) is 0.706. The summed E-state index contributed by atoms with van der Waals surface area (Å²) in [5.41, 5.74) is -0.106. The lowest BCUT2D eigenvalue weighted by molar-refractivity contribution is 0.113. The van der Waals surface area contributed by atoms with Gasteiger partial charge < -0.3 is 10.1 Å². The minimum Gasteiger partial charge on any atom is -0.378 e. The maximum atomic E-state index is 11.9. The average molecular weight is 320 g/mol. The van der Waals surface area contributed by atoms with E-state index in [1.54, 1.807) is 41.5 Å². The second kappa shape index (κ2) is 10.2. The minimum atomic E-state index is -0.263. The van der Waals surface area contributed by atoms with E-state index in [1.165, 1.54) is 15.7 Å². The summed E-state index contributed by atoms with van der Waals surface area (Å²) in [6.07, 6.45) is 11.6. The number of amides is 2. The highest BCUT2D eigenvalue weighted by Crippen LogP contribution is 1.92. The first-order chi connectivity index (χ1) is 11.1. The van der Waals surface area contributed by atoms with Crippen LogP contribution in [0.15, 0.2) is 48.3 Å². The summed E-state index contributed by atoms with van der Waals surface area (Å²) in [5.74, 6) is 0. The highest BCUT2D eigenvalue weighted by molar-refractivity contribution is 5.76. The van der Waals surface area contributed by atoms with Crippen LogP contribution in [0.25, 0.3) is 6.20 Å². The van der Waals surface area contributed by atoms with Crippen molar-refractivity contribution in [3.05, 3.63) is 54.0 Å². The minimum absolute atomic E-state index is 0.106. The van der Waals surface area contributed by atoms with Crippen LogP contribution < -0.4 is 11.0 Å². The van der Waals surface area contributed by atoms with Crippen LogP contribution in [0, 0.1) is 0 Å². The van der Waals surface area contributed by atoms with Crippen molar-refractivity contribution in [2.45, 2.75) is 20.4 Å². The van der Waals surface area contributed by atoms with Gasteiger partial charge in [0.05, 0.1) is 26.3 Å². The Hall–Kier alpha value is -2.54. The van der Waals surface area contributed by atoms with Crippen LogP contribution in [0.5, 0.6) is 0 Å². The molecule has 0 aliphatic carbocycles. The van der Waals surface area contributed by atoms with E-state index in [-0.39, 0.29) is 11.7 Å². The summed E-state index contributed by atoms with van der Waals surface area (Å²) in [7, 11) is 0. The molecule has 0 aliphatic heterocycles. The molecule has 2 amide bonds. The lowest BCUT2D eigenvalue weighted by Crippen LogP contribution is -2.35. The number of urea groups is 1. The van der Waals surface area contributed by atoms with Crippen LogP contribution in [0.2, 0.25) is 0 Å². The molecule has 0 radical (unpaired) electrons. The lowest BCUT2D eigenvalue weighted by Gasteiger charge is -2.17. The summed E-state index contributed by atoms with van der Waals surface area (Å²) in [4.78, 5) is 25.0. The van der Waals surface area contributed by atoms with Crippen molar-refractivity contribution in [1.29, 1.82) is 0 Å². The molecule has 126 valence electrons. The van der Waals surface area contributed by atoms with Crippen molar-refractivity contribution in [2.24, 2.45) is 0 Å². The number of aromatic nitrogens is 2. The third kappa shape index (κ3) is 5.99. The van der Waals surface area contributed by atoms with Gasteiger partial charge in [0.1, 0.15) is 0 Å². The SMILES string of the molecule is C=CN(CCOCCn1ccn(/C=C/C)c1=O)C(=O)N/C=C/C. The van der Waals surface area contributed by atoms with Crippen molar-refractivity contribution < 1.29 is 9.53 Å². The molecule has 7 heteroatoms. The molecule has 1 rings (SSSR count). The van der Waals surface area contributed by atoms with E-state index < -0.39 is 0 Å². The van der Waals surface area contributed by atoms with Crippen molar-refractivity contribution >= 4 is 12.2 Å². The summed E-state index contributed by atoms with van der Waals surface area (Å²) in [5, 5.41) is 2.60. The smallest absolute Gasteiger partial charge is 0.332 e. The Morgan fingerprint density at radius 3 is 2.78 bits per heavy atom. The van der Waals surface area contributed by atoms with Gasteiger partial charge in [-0.05, 0) is 13.8 Å². The number of hydrogen-bond donors (Lipinski definition) is 1. The monoisotopic (exact) mass is 320 g/mol. The molecule has 23 heavy (non-hydrogen) atoms. The molecular formula is C16H24N4O3. The summed E-state index contributed by atoms with van der Waals surface area (Å²) >= 11 is 0. The average Bonchev–Trinajstić information content (AvgIpc) is 2.89. The van der Waals surface area contributed by atoms with Crippen LogP contribution in [-0.4, -0.2) is 39.8 Å². The van der Waals surface area contributed by atoms with Crippen molar-refractivity contribution in [3.8, 4) is 0 Å². The predicted molar refractivity (Wildman–Crippen MR) is 90.8 cm³/mol. The zero-order valence-corrected chi connectivity index (χ0v) is 13.6. The number of hydrogen-bond acceptors (Lipinski definition) is 3. The first-order valence-electron chi connectivity index (χ1n) is 7.42. The molecule has 1 heterocycles. The fourth-order valence-electron chi connectivity index (χ4n) is 1.81. The van der Waals surface area contributed by atoms with E-state index in [2.05, 4.69) is 11.9 Å². The van der Waals surface area contributed by atoms with Crippen LogP contribution in [-0.2, 0) is 11.3 Å². The topological polar surface area (TPSA) is 68.5 Å². The number of ether oxygens (including phenoxy) is 1. The molecule has 1 N–H and O–H groups in total. The second-order valence-electron chi connectivity index (χ2n) is 4.60. The van der Waals surface area contributed by atoms with Gasteiger partial charge in [-0.2, -0.15) is 0 Å². The van der Waals surface area contributed by atoms with E-state index in [0.717, 1.165) is 0 Å². The van der Waals surface area contributed by atoms with Crippen LogP contribution in [0.3, 0.4) is 0 Å². The zero-order chi connectivity index (χ0) is 17.1.